The van der Waals surface area contributed by atoms with Gasteiger partial charge >= 0.3 is 5.97 Å². The number of nitrogens with one attached hydrogen (secondary N) is 1. The van der Waals surface area contributed by atoms with Crippen molar-refractivity contribution in [3.05, 3.63) is 46.8 Å². The zero-order chi connectivity index (χ0) is 23.8. The molecule has 0 radical (unpaired) electrons. The summed E-state index contributed by atoms with van der Waals surface area (Å²) in [4.78, 5) is 41.2. The van der Waals surface area contributed by atoms with Crippen LogP contribution in [0, 0.1) is 13.8 Å². The molecule has 176 valence electrons. The number of benzene rings is 1. The molecule has 1 N–H and O–H groups in total. The molecule has 1 fully saturated rings. The summed E-state index contributed by atoms with van der Waals surface area (Å²) in [6.45, 7) is 5.84. The van der Waals surface area contributed by atoms with Crippen LogP contribution in [0.15, 0.2) is 24.3 Å². The normalized spacial score (nSPS) is 21.3. The van der Waals surface area contributed by atoms with Gasteiger partial charge in [0.2, 0.25) is 5.91 Å². The Hall–Kier alpha value is -3.16. The molecule has 0 saturated heterocycles. The van der Waals surface area contributed by atoms with Crippen LogP contribution in [0.1, 0.15) is 77.6 Å². The van der Waals surface area contributed by atoms with Gasteiger partial charge in [-0.05, 0) is 56.9 Å². The Morgan fingerprint density at radius 2 is 1.70 bits per heavy atom. The Morgan fingerprint density at radius 3 is 2.30 bits per heavy atom. The Balaban J connectivity index is 1.77. The van der Waals surface area contributed by atoms with Gasteiger partial charge in [-0.25, -0.2) is 4.79 Å². The van der Waals surface area contributed by atoms with E-state index >= 15 is 0 Å². The maximum atomic E-state index is 13.8. The van der Waals surface area contributed by atoms with E-state index in [-0.39, 0.29) is 35.8 Å². The number of methoxy groups -OCH3 is 1. The van der Waals surface area contributed by atoms with Crippen molar-refractivity contribution in [1.29, 1.82) is 0 Å². The average molecular weight is 453 g/mol. The van der Waals surface area contributed by atoms with E-state index in [0.29, 0.717) is 5.69 Å². The Bertz CT molecular complexity index is 1060. The standard InChI is InChI=1S/C25H32N4O4/c1-16-11-17(2)13-19(12-16)29-22(30)21-14-20(23(31)33-4)27-28(21)15-25(29,3)24(32)26-18-9-7-5-6-8-10-18/h11-14,18H,5-10,15H2,1-4H3,(H,26,32)/t25-/m1/s1. The van der Waals surface area contributed by atoms with Gasteiger partial charge < -0.3 is 10.1 Å². The van der Waals surface area contributed by atoms with Crippen LogP contribution >= 0.6 is 0 Å². The third kappa shape index (κ3) is 4.38. The second-order valence-electron chi connectivity index (χ2n) is 9.49. The second kappa shape index (κ2) is 9.00. The first-order chi connectivity index (χ1) is 15.7. The lowest BCUT2D eigenvalue weighted by Crippen LogP contribution is -2.65. The van der Waals surface area contributed by atoms with Gasteiger partial charge in [-0.1, -0.05) is 31.7 Å². The first kappa shape index (κ1) is 23.0. The number of esters is 1. The third-order valence-electron chi connectivity index (χ3n) is 6.69. The van der Waals surface area contributed by atoms with Gasteiger partial charge in [0.05, 0.1) is 13.7 Å². The number of nitrogens with zero attached hydrogens (tertiary/aromatic N) is 3. The zero-order valence-electron chi connectivity index (χ0n) is 19.8. The highest BCUT2D eigenvalue weighted by Crippen LogP contribution is 2.34. The van der Waals surface area contributed by atoms with Crippen molar-refractivity contribution in [2.24, 2.45) is 0 Å². The number of carbonyl (C=O) groups excluding carboxylic acids is 3. The van der Waals surface area contributed by atoms with Crippen molar-refractivity contribution in [3.8, 4) is 0 Å². The quantitative estimate of drug-likeness (QED) is 0.566. The lowest BCUT2D eigenvalue weighted by Gasteiger charge is -2.44. The Morgan fingerprint density at radius 1 is 1.06 bits per heavy atom. The molecule has 0 spiro atoms. The number of hydrogen-bond acceptors (Lipinski definition) is 5. The first-order valence-corrected chi connectivity index (χ1v) is 11.6. The summed E-state index contributed by atoms with van der Waals surface area (Å²) in [5.74, 6) is -1.19. The topological polar surface area (TPSA) is 93.5 Å². The minimum atomic E-state index is -1.21. The summed E-state index contributed by atoms with van der Waals surface area (Å²) in [5.41, 5.74) is 1.75. The van der Waals surface area contributed by atoms with Gasteiger partial charge in [-0.3, -0.25) is 19.2 Å². The number of aromatic nitrogens is 2. The molecule has 1 atom stereocenters. The van der Waals surface area contributed by atoms with Crippen LogP contribution in [0.4, 0.5) is 5.69 Å². The summed E-state index contributed by atoms with van der Waals surface area (Å²) in [7, 11) is 1.27. The zero-order valence-corrected chi connectivity index (χ0v) is 19.8. The molecular weight excluding hydrogens is 420 g/mol. The molecule has 33 heavy (non-hydrogen) atoms. The highest BCUT2D eigenvalue weighted by atomic mass is 16.5. The van der Waals surface area contributed by atoms with Crippen LogP contribution in [-0.4, -0.2) is 46.3 Å². The molecule has 4 rings (SSSR count). The highest BCUT2D eigenvalue weighted by molar-refractivity contribution is 6.12. The molecule has 1 aliphatic carbocycles. The second-order valence-corrected chi connectivity index (χ2v) is 9.49. The molecule has 1 aromatic carbocycles. The minimum Gasteiger partial charge on any atom is -0.464 e. The Kier molecular flexibility index (Phi) is 6.28. The SMILES string of the molecule is COC(=O)c1cc2n(n1)C[C@](C)(C(=O)NC1CCCCCC1)N(c1cc(C)cc(C)c1)C2=O. The molecule has 0 bridgehead atoms. The van der Waals surface area contributed by atoms with Crippen molar-refractivity contribution in [3.63, 3.8) is 0 Å². The minimum absolute atomic E-state index is 0.0506. The van der Waals surface area contributed by atoms with Crippen molar-refractivity contribution in [2.75, 3.05) is 12.0 Å². The fourth-order valence-electron chi connectivity index (χ4n) is 5.03. The Labute approximate surface area is 194 Å². The smallest absolute Gasteiger partial charge is 0.358 e. The van der Waals surface area contributed by atoms with Crippen LogP contribution in [-0.2, 0) is 16.1 Å². The molecule has 1 aromatic heterocycles. The van der Waals surface area contributed by atoms with Gasteiger partial charge in [-0.15, -0.1) is 0 Å². The lowest BCUT2D eigenvalue weighted by molar-refractivity contribution is -0.127. The van der Waals surface area contributed by atoms with Crippen LogP contribution in [0.25, 0.3) is 0 Å². The fraction of sp³-hybridized carbons (Fsp3) is 0.520. The van der Waals surface area contributed by atoms with Crippen LogP contribution < -0.4 is 10.2 Å². The van der Waals surface area contributed by atoms with Gasteiger partial charge in [0.25, 0.3) is 5.91 Å². The van der Waals surface area contributed by atoms with Crippen molar-refractivity contribution >= 4 is 23.5 Å². The number of hydrogen-bond donors (Lipinski definition) is 1. The third-order valence-corrected chi connectivity index (χ3v) is 6.69. The monoisotopic (exact) mass is 452 g/mol. The van der Waals surface area contributed by atoms with Gasteiger partial charge in [0, 0.05) is 17.8 Å². The van der Waals surface area contributed by atoms with E-state index in [9.17, 15) is 14.4 Å². The summed E-state index contributed by atoms with van der Waals surface area (Å²) in [6, 6.07) is 7.38. The molecular formula is C25H32N4O4. The van der Waals surface area contributed by atoms with Crippen molar-refractivity contribution < 1.29 is 19.1 Å². The number of aryl methyl sites for hydroxylation is 2. The van der Waals surface area contributed by atoms with Crippen LogP contribution in [0.2, 0.25) is 0 Å². The van der Waals surface area contributed by atoms with Crippen molar-refractivity contribution in [2.45, 2.75) is 77.4 Å². The lowest BCUT2D eigenvalue weighted by atomic mass is 9.92. The van der Waals surface area contributed by atoms with E-state index in [1.54, 1.807) is 11.8 Å². The van der Waals surface area contributed by atoms with Gasteiger partial charge in [-0.2, -0.15) is 5.10 Å². The fourth-order valence-corrected chi connectivity index (χ4v) is 5.03. The van der Waals surface area contributed by atoms with E-state index in [4.69, 9.17) is 4.74 Å². The first-order valence-electron chi connectivity index (χ1n) is 11.6. The number of ether oxygens (including phenoxy) is 1. The van der Waals surface area contributed by atoms with E-state index in [2.05, 4.69) is 10.4 Å². The van der Waals surface area contributed by atoms with Gasteiger partial charge in [0.15, 0.2) is 5.69 Å². The molecule has 2 heterocycles. The summed E-state index contributed by atoms with van der Waals surface area (Å²) in [5, 5.41) is 7.51. The van der Waals surface area contributed by atoms with E-state index in [0.717, 1.165) is 36.8 Å². The predicted octanol–water partition coefficient (Wildman–Crippen LogP) is 3.54. The molecule has 2 aliphatic rings. The number of anilines is 1. The number of carbonyl (C=O) groups is 3. The van der Waals surface area contributed by atoms with Crippen molar-refractivity contribution in [1.82, 2.24) is 15.1 Å². The molecule has 1 saturated carbocycles. The summed E-state index contributed by atoms with van der Waals surface area (Å²) >= 11 is 0. The summed E-state index contributed by atoms with van der Waals surface area (Å²) in [6.07, 6.45) is 6.44. The number of rotatable bonds is 4. The number of amides is 2. The molecule has 0 unspecified atom stereocenters. The molecule has 8 nitrogen and oxygen atoms in total. The maximum Gasteiger partial charge on any atom is 0.358 e. The highest BCUT2D eigenvalue weighted by Gasteiger charge is 2.49. The molecule has 8 heteroatoms. The van der Waals surface area contributed by atoms with Crippen LogP contribution in [0.5, 0.6) is 0 Å². The predicted molar refractivity (Wildman–Crippen MR) is 124 cm³/mol. The average Bonchev–Trinajstić information content (AvgIpc) is 3.01. The van der Waals surface area contributed by atoms with E-state index < -0.39 is 11.5 Å². The molecule has 1 aliphatic heterocycles. The number of fused-ring (bicyclic) bond motifs is 1. The van der Waals surface area contributed by atoms with Crippen LogP contribution in [0.3, 0.4) is 0 Å². The van der Waals surface area contributed by atoms with Gasteiger partial charge in [0.1, 0.15) is 11.2 Å². The maximum absolute atomic E-state index is 13.8. The molecule has 2 amide bonds. The largest absolute Gasteiger partial charge is 0.464 e. The van der Waals surface area contributed by atoms with E-state index in [1.807, 2.05) is 32.0 Å². The van der Waals surface area contributed by atoms with E-state index in [1.165, 1.54) is 30.7 Å². The molecule has 2 aromatic rings. The summed E-state index contributed by atoms with van der Waals surface area (Å²) < 4.78 is 6.24.